The summed E-state index contributed by atoms with van der Waals surface area (Å²) in [6.45, 7) is 4.91. The number of fused-ring (bicyclic) bond motifs is 1. The van der Waals surface area contributed by atoms with E-state index in [1.807, 2.05) is 6.07 Å². The van der Waals surface area contributed by atoms with Crippen LogP contribution in [-0.4, -0.2) is 59.0 Å². The van der Waals surface area contributed by atoms with E-state index in [4.69, 9.17) is 9.15 Å². The molecule has 0 spiro atoms. The van der Waals surface area contributed by atoms with Gasteiger partial charge in [0.1, 0.15) is 5.76 Å². The summed E-state index contributed by atoms with van der Waals surface area (Å²) in [7, 11) is 0. The van der Waals surface area contributed by atoms with Gasteiger partial charge in [-0.05, 0) is 56.6 Å². The number of carbonyl (C=O) groups is 1. The summed E-state index contributed by atoms with van der Waals surface area (Å²) >= 11 is 0. The molecule has 1 aliphatic carbocycles. The summed E-state index contributed by atoms with van der Waals surface area (Å²) in [6.07, 6.45) is 9.02. The van der Waals surface area contributed by atoms with Crippen molar-refractivity contribution in [2.24, 2.45) is 5.92 Å². The largest absolute Gasteiger partial charge is 0.471 e. The summed E-state index contributed by atoms with van der Waals surface area (Å²) in [5, 5.41) is 3.15. The van der Waals surface area contributed by atoms with E-state index in [0.717, 1.165) is 77.2 Å². The van der Waals surface area contributed by atoms with Gasteiger partial charge in [0.2, 0.25) is 11.8 Å². The molecule has 2 aliphatic rings. The summed E-state index contributed by atoms with van der Waals surface area (Å²) < 4.78 is 36.7. The summed E-state index contributed by atoms with van der Waals surface area (Å²) in [4.78, 5) is 23.3. The summed E-state index contributed by atoms with van der Waals surface area (Å²) in [5.74, 6) is -0.726. The molecule has 9 heteroatoms. The predicted octanol–water partition coefficient (Wildman–Crippen LogP) is 4.12. The van der Waals surface area contributed by atoms with Crippen molar-refractivity contribution in [1.29, 1.82) is 0 Å². The van der Waals surface area contributed by atoms with E-state index in [0.29, 0.717) is 17.6 Å². The Morgan fingerprint density at radius 1 is 1.23 bits per heavy atom. The van der Waals surface area contributed by atoms with Crippen LogP contribution in [0.1, 0.15) is 61.9 Å². The van der Waals surface area contributed by atoms with Gasteiger partial charge in [0.25, 0.3) is 5.92 Å². The van der Waals surface area contributed by atoms with Crippen LogP contribution in [0.25, 0.3) is 0 Å². The van der Waals surface area contributed by atoms with Gasteiger partial charge in [-0.1, -0.05) is 6.07 Å². The lowest BCUT2D eigenvalue weighted by Crippen LogP contribution is -2.39. The molecule has 35 heavy (non-hydrogen) atoms. The van der Waals surface area contributed by atoms with E-state index in [1.54, 1.807) is 19.2 Å². The van der Waals surface area contributed by atoms with Gasteiger partial charge in [-0.3, -0.25) is 4.79 Å². The first-order valence-electron chi connectivity index (χ1n) is 12.7. The zero-order valence-corrected chi connectivity index (χ0v) is 20.7. The van der Waals surface area contributed by atoms with Crippen molar-refractivity contribution in [3.8, 4) is 5.88 Å². The number of carbonyl (C=O) groups excluding carboxylic acids is 1. The van der Waals surface area contributed by atoms with Gasteiger partial charge in [-0.2, -0.15) is 0 Å². The number of rotatable bonds is 9. The van der Waals surface area contributed by atoms with Crippen LogP contribution in [-0.2, 0) is 24.1 Å². The van der Waals surface area contributed by atoms with Crippen LogP contribution in [0.5, 0.6) is 5.88 Å². The monoisotopic (exact) mass is 490 g/mol. The molecule has 7 nitrogen and oxygen atoms in total. The molecule has 3 heterocycles. The average Bonchev–Trinajstić information content (AvgIpc) is 3.10. The number of hydrogen-bond donors (Lipinski definition) is 1. The number of ether oxygens (including phenoxy) is 1. The van der Waals surface area contributed by atoms with E-state index < -0.39 is 12.5 Å². The molecule has 0 unspecified atom stereocenters. The fourth-order valence-electron chi connectivity index (χ4n) is 5.00. The highest BCUT2D eigenvalue weighted by Gasteiger charge is 2.25. The number of pyridine rings is 1. The van der Waals surface area contributed by atoms with Crippen LogP contribution in [0.4, 0.5) is 8.78 Å². The zero-order valence-electron chi connectivity index (χ0n) is 20.7. The first kappa shape index (κ1) is 25.5. The third-order valence-corrected chi connectivity index (χ3v) is 6.95. The molecule has 2 aromatic rings. The van der Waals surface area contributed by atoms with E-state index in [9.17, 15) is 13.6 Å². The number of nitrogens with zero attached hydrogens (tertiary/aromatic N) is 3. The minimum absolute atomic E-state index is 0.000643. The van der Waals surface area contributed by atoms with Crippen LogP contribution in [0.15, 0.2) is 22.7 Å². The van der Waals surface area contributed by atoms with Crippen LogP contribution >= 0.6 is 0 Å². The molecule has 0 aromatic carbocycles. The van der Waals surface area contributed by atoms with Gasteiger partial charge in [0.05, 0.1) is 12.6 Å². The number of aryl methyl sites for hydroxylation is 1. The smallest absolute Gasteiger partial charge is 0.278 e. The predicted molar refractivity (Wildman–Crippen MR) is 128 cm³/mol. The minimum Gasteiger partial charge on any atom is -0.471 e. The molecule has 1 saturated carbocycles. The molecule has 0 atom stereocenters. The molecule has 1 aliphatic heterocycles. The number of alkyl halides is 2. The first-order valence-corrected chi connectivity index (χ1v) is 12.7. The second-order valence-electron chi connectivity index (χ2n) is 10.1. The SMILES string of the molecule is Cc1ncc(CC(=O)NC2CCC(CCN3CCc4ccc(OCC(C)(F)F)nc4CC3)CC2)o1. The molecule has 1 N–H and O–H groups in total. The molecular formula is C26H36F2N4O3. The van der Waals surface area contributed by atoms with Gasteiger partial charge >= 0.3 is 0 Å². The van der Waals surface area contributed by atoms with Crippen molar-refractivity contribution >= 4 is 5.91 Å². The molecule has 0 saturated heterocycles. The quantitative estimate of drug-likeness (QED) is 0.570. The normalized spacial score (nSPS) is 21.3. The van der Waals surface area contributed by atoms with E-state index >= 15 is 0 Å². The number of aromatic nitrogens is 2. The molecular weight excluding hydrogens is 454 g/mol. The van der Waals surface area contributed by atoms with Crippen LogP contribution in [0, 0.1) is 12.8 Å². The molecule has 1 amide bonds. The van der Waals surface area contributed by atoms with Crippen molar-refractivity contribution in [1.82, 2.24) is 20.2 Å². The van der Waals surface area contributed by atoms with E-state index in [1.165, 1.54) is 5.56 Å². The zero-order chi connectivity index (χ0) is 24.8. The Hall–Kier alpha value is -2.55. The topological polar surface area (TPSA) is 80.5 Å². The Morgan fingerprint density at radius 2 is 2.00 bits per heavy atom. The fourth-order valence-corrected chi connectivity index (χ4v) is 5.00. The second-order valence-corrected chi connectivity index (χ2v) is 10.1. The Kier molecular flexibility index (Phi) is 8.36. The van der Waals surface area contributed by atoms with Crippen molar-refractivity contribution < 1.29 is 22.7 Å². The van der Waals surface area contributed by atoms with Crippen molar-refractivity contribution in [2.45, 2.75) is 77.2 Å². The maximum absolute atomic E-state index is 13.1. The number of oxazole rings is 1. The fraction of sp³-hybridized carbons (Fsp3) is 0.654. The van der Waals surface area contributed by atoms with Gasteiger partial charge in [-0.25, -0.2) is 18.7 Å². The van der Waals surface area contributed by atoms with Crippen molar-refractivity contribution in [3.63, 3.8) is 0 Å². The van der Waals surface area contributed by atoms with Crippen LogP contribution in [0.2, 0.25) is 0 Å². The molecule has 192 valence electrons. The molecule has 0 bridgehead atoms. The highest BCUT2D eigenvalue weighted by atomic mass is 19.3. The Bertz CT molecular complexity index is 983. The standard InChI is InChI=1S/C26H36F2N4O3/c1-18-29-16-22(35-18)15-24(33)30-21-6-3-19(4-7-21)9-12-32-13-10-20-5-8-25(31-23(20)11-14-32)34-17-26(2,27)28/h5,8,16,19,21H,3-4,6-7,9-15,17H2,1-2H3,(H,30,33). The summed E-state index contributed by atoms with van der Waals surface area (Å²) in [6, 6.07) is 3.91. The van der Waals surface area contributed by atoms with Crippen LogP contribution < -0.4 is 10.1 Å². The maximum atomic E-state index is 13.1. The lowest BCUT2D eigenvalue weighted by atomic mass is 9.84. The Labute approximate surface area is 205 Å². The highest BCUT2D eigenvalue weighted by molar-refractivity contribution is 5.78. The van der Waals surface area contributed by atoms with Gasteiger partial charge in [-0.15, -0.1) is 0 Å². The van der Waals surface area contributed by atoms with Gasteiger partial charge in [0.15, 0.2) is 12.5 Å². The molecule has 1 fully saturated rings. The molecule has 2 aromatic heterocycles. The molecule has 0 radical (unpaired) electrons. The van der Waals surface area contributed by atoms with Crippen molar-refractivity contribution in [3.05, 3.63) is 41.2 Å². The van der Waals surface area contributed by atoms with Crippen LogP contribution in [0.3, 0.4) is 0 Å². The third kappa shape index (κ3) is 7.98. The first-order chi connectivity index (χ1) is 16.7. The van der Waals surface area contributed by atoms with Gasteiger partial charge < -0.3 is 19.4 Å². The van der Waals surface area contributed by atoms with Gasteiger partial charge in [0, 0.05) is 51.2 Å². The maximum Gasteiger partial charge on any atom is 0.278 e. The number of amides is 1. The second kappa shape index (κ2) is 11.5. The Balaban J connectivity index is 1.16. The van der Waals surface area contributed by atoms with E-state index in [-0.39, 0.29) is 24.2 Å². The number of halogens is 2. The molecule has 4 rings (SSSR count). The van der Waals surface area contributed by atoms with E-state index in [2.05, 4.69) is 20.2 Å². The lowest BCUT2D eigenvalue weighted by molar-refractivity contribution is -0.121. The number of hydrogen-bond acceptors (Lipinski definition) is 6. The summed E-state index contributed by atoms with van der Waals surface area (Å²) in [5.41, 5.74) is 2.14. The number of nitrogens with one attached hydrogen (secondary N) is 1. The highest BCUT2D eigenvalue weighted by Crippen LogP contribution is 2.28. The minimum atomic E-state index is -2.87. The Morgan fingerprint density at radius 3 is 2.71 bits per heavy atom. The van der Waals surface area contributed by atoms with Crippen molar-refractivity contribution in [2.75, 3.05) is 26.2 Å². The average molecular weight is 491 g/mol. The third-order valence-electron chi connectivity index (χ3n) is 6.95. The lowest BCUT2D eigenvalue weighted by Gasteiger charge is -2.30.